The van der Waals surface area contributed by atoms with Crippen LogP contribution in [0.1, 0.15) is 54.4 Å². The van der Waals surface area contributed by atoms with Crippen molar-refractivity contribution in [2.24, 2.45) is 5.41 Å². The van der Waals surface area contributed by atoms with Crippen molar-refractivity contribution >= 4 is 5.97 Å². The summed E-state index contributed by atoms with van der Waals surface area (Å²) in [6, 6.07) is 0. The number of hydrogen-bond acceptors (Lipinski definition) is 3. The molecule has 0 aliphatic carbocycles. The number of carboxylic acid groups (broad SMARTS) is 1. The molecule has 4 heteroatoms. The van der Waals surface area contributed by atoms with Crippen LogP contribution < -0.4 is 5.32 Å². The first-order chi connectivity index (χ1) is 8.10. The zero-order valence-corrected chi connectivity index (χ0v) is 12.7. The lowest BCUT2D eigenvalue weighted by Gasteiger charge is -2.29. The summed E-state index contributed by atoms with van der Waals surface area (Å²) < 4.78 is 5.71. The Morgan fingerprint density at radius 3 is 2.28 bits per heavy atom. The average molecular weight is 259 g/mol. The fourth-order valence-electron chi connectivity index (χ4n) is 1.83. The highest BCUT2D eigenvalue weighted by atomic mass is 16.5. The molecule has 0 heterocycles. The first-order valence-corrected chi connectivity index (χ1v) is 6.71. The van der Waals surface area contributed by atoms with E-state index in [2.05, 4.69) is 26.1 Å². The van der Waals surface area contributed by atoms with Crippen LogP contribution in [0.5, 0.6) is 0 Å². The molecular weight excluding hydrogens is 230 g/mol. The zero-order valence-electron chi connectivity index (χ0n) is 12.7. The van der Waals surface area contributed by atoms with Crippen LogP contribution in [-0.2, 0) is 9.53 Å². The zero-order chi connectivity index (χ0) is 14.4. The molecular formula is C14H29NO3. The van der Waals surface area contributed by atoms with E-state index in [1.54, 1.807) is 6.92 Å². The molecule has 0 saturated carbocycles. The smallest absolute Gasteiger partial charge is 0.323 e. The third kappa shape index (κ3) is 6.97. The van der Waals surface area contributed by atoms with Crippen LogP contribution in [0.25, 0.3) is 0 Å². The van der Waals surface area contributed by atoms with E-state index >= 15 is 0 Å². The molecule has 0 bridgehead atoms. The number of rotatable bonds is 8. The third-order valence-electron chi connectivity index (χ3n) is 2.99. The van der Waals surface area contributed by atoms with Crippen molar-refractivity contribution in [1.29, 1.82) is 0 Å². The minimum Gasteiger partial charge on any atom is -0.480 e. The first kappa shape index (κ1) is 17.4. The monoisotopic (exact) mass is 259 g/mol. The molecule has 108 valence electrons. The lowest BCUT2D eigenvalue weighted by molar-refractivity contribution is -0.146. The van der Waals surface area contributed by atoms with Gasteiger partial charge in [0.2, 0.25) is 0 Å². The van der Waals surface area contributed by atoms with E-state index in [1.807, 2.05) is 13.8 Å². The molecule has 0 fully saturated rings. The Kier molecular flexibility index (Phi) is 6.86. The summed E-state index contributed by atoms with van der Waals surface area (Å²) in [5.74, 6) is -0.823. The van der Waals surface area contributed by atoms with Crippen molar-refractivity contribution in [2.45, 2.75) is 66.0 Å². The lowest BCUT2D eigenvalue weighted by Crippen LogP contribution is -2.51. The molecule has 0 radical (unpaired) electrons. The van der Waals surface area contributed by atoms with Gasteiger partial charge in [0, 0.05) is 13.0 Å². The van der Waals surface area contributed by atoms with E-state index in [4.69, 9.17) is 4.74 Å². The fourth-order valence-corrected chi connectivity index (χ4v) is 1.83. The first-order valence-electron chi connectivity index (χ1n) is 6.71. The highest BCUT2D eigenvalue weighted by Crippen LogP contribution is 2.20. The maximum absolute atomic E-state index is 11.3. The SMILES string of the molecule is CCNC(C)(CC(C)OCCC(C)(C)C)C(=O)O. The second kappa shape index (κ2) is 7.10. The quantitative estimate of drug-likeness (QED) is 0.703. The second-order valence-corrected chi connectivity index (χ2v) is 6.36. The highest BCUT2D eigenvalue weighted by molar-refractivity contribution is 5.78. The van der Waals surface area contributed by atoms with Crippen LogP contribution in [0.15, 0.2) is 0 Å². The summed E-state index contributed by atoms with van der Waals surface area (Å²) in [6.07, 6.45) is 1.38. The normalized spacial score (nSPS) is 17.2. The van der Waals surface area contributed by atoms with Gasteiger partial charge in [0.05, 0.1) is 6.10 Å². The molecule has 0 aliphatic heterocycles. The van der Waals surface area contributed by atoms with E-state index in [0.29, 0.717) is 19.6 Å². The number of ether oxygens (including phenoxy) is 1. The molecule has 0 aromatic rings. The summed E-state index contributed by atoms with van der Waals surface area (Å²) in [6.45, 7) is 13.4. The lowest BCUT2D eigenvalue weighted by atomic mass is 9.92. The summed E-state index contributed by atoms with van der Waals surface area (Å²) in [4.78, 5) is 11.3. The third-order valence-corrected chi connectivity index (χ3v) is 2.99. The summed E-state index contributed by atoms with van der Waals surface area (Å²) in [5.41, 5.74) is -0.659. The van der Waals surface area contributed by atoms with Gasteiger partial charge in [-0.3, -0.25) is 4.79 Å². The van der Waals surface area contributed by atoms with Crippen LogP contribution in [0.2, 0.25) is 0 Å². The van der Waals surface area contributed by atoms with Gasteiger partial charge in [-0.25, -0.2) is 0 Å². The topological polar surface area (TPSA) is 58.6 Å². The number of nitrogens with one attached hydrogen (secondary N) is 1. The Morgan fingerprint density at radius 2 is 1.89 bits per heavy atom. The molecule has 0 aliphatic rings. The van der Waals surface area contributed by atoms with Gasteiger partial charge >= 0.3 is 5.97 Å². The summed E-state index contributed by atoms with van der Waals surface area (Å²) >= 11 is 0. The van der Waals surface area contributed by atoms with Crippen molar-refractivity contribution in [3.05, 3.63) is 0 Å². The van der Waals surface area contributed by atoms with Gasteiger partial charge in [0.15, 0.2) is 0 Å². The number of carboxylic acids is 1. The van der Waals surface area contributed by atoms with Gasteiger partial charge in [0.1, 0.15) is 5.54 Å². The maximum atomic E-state index is 11.3. The van der Waals surface area contributed by atoms with Crippen molar-refractivity contribution in [3.8, 4) is 0 Å². The molecule has 0 aromatic heterocycles. The molecule has 2 unspecified atom stereocenters. The van der Waals surface area contributed by atoms with Crippen molar-refractivity contribution in [2.75, 3.05) is 13.2 Å². The van der Waals surface area contributed by atoms with Gasteiger partial charge in [-0.1, -0.05) is 27.7 Å². The van der Waals surface area contributed by atoms with E-state index in [-0.39, 0.29) is 11.5 Å². The predicted octanol–water partition coefficient (Wildman–Crippen LogP) is 2.67. The highest BCUT2D eigenvalue weighted by Gasteiger charge is 2.34. The molecule has 0 saturated heterocycles. The van der Waals surface area contributed by atoms with Crippen molar-refractivity contribution in [1.82, 2.24) is 5.32 Å². The van der Waals surface area contributed by atoms with Gasteiger partial charge in [-0.2, -0.15) is 0 Å². The van der Waals surface area contributed by atoms with Gasteiger partial charge in [-0.15, -0.1) is 0 Å². The van der Waals surface area contributed by atoms with Crippen LogP contribution in [0, 0.1) is 5.41 Å². The summed E-state index contributed by atoms with van der Waals surface area (Å²) in [5, 5.41) is 12.3. The molecule has 18 heavy (non-hydrogen) atoms. The Balaban J connectivity index is 4.19. The van der Waals surface area contributed by atoms with Crippen molar-refractivity contribution < 1.29 is 14.6 Å². The molecule has 4 nitrogen and oxygen atoms in total. The molecule has 0 aromatic carbocycles. The predicted molar refractivity (Wildman–Crippen MR) is 73.8 cm³/mol. The average Bonchev–Trinajstić information content (AvgIpc) is 2.15. The van der Waals surface area contributed by atoms with Crippen LogP contribution >= 0.6 is 0 Å². The van der Waals surface area contributed by atoms with E-state index in [1.165, 1.54) is 0 Å². The fraction of sp³-hybridized carbons (Fsp3) is 0.929. The number of likely N-dealkylation sites (N-methyl/N-ethyl adjacent to an activating group) is 1. The number of hydrogen-bond donors (Lipinski definition) is 2. The molecule has 0 spiro atoms. The standard InChI is InChI=1S/C14H29NO3/c1-7-15-14(6,12(16)17)10-11(2)18-9-8-13(3,4)5/h11,15H,7-10H2,1-6H3,(H,16,17). The van der Waals surface area contributed by atoms with Gasteiger partial charge in [-0.05, 0) is 32.2 Å². The van der Waals surface area contributed by atoms with Crippen LogP contribution in [-0.4, -0.2) is 35.9 Å². The maximum Gasteiger partial charge on any atom is 0.323 e. The molecule has 2 atom stereocenters. The van der Waals surface area contributed by atoms with Crippen molar-refractivity contribution in [3.63, 3.8) is 0 Å². The van der Waals surface area contributed by atoms with E-state index in [0.717, 1.165) is 6.42 Å². The Labute approximate surface area is 111 Å². The van der Waals surface area contributed by atoms with Gasteiger partial charge < -0.3 is 15.2 Å². The number of carbonyl (C=O) groups is 1. The van der Waals surface area contributed by atoms with Gasteiger partial charge in [0.25, 0.3) is 0 Å². The summed E-state index contributed by atoms with van der Waals surface area (Å²) in [7, 11) is 0. The van der Waals surface area contributed by atoms with E-state index < -0.39 is 11.5 Å². The Bertz CT molecular complexity index is 260. The van der Waals surface area contributed by atoms with Crippen LogP contribution in [0.3, 0.4) is 0 Å². The minimum absolute atomic E-state index is 0.0625. The Hall–Kier alpha value is -0.610. The molecule has 2 N–H and O–H groups in total. The largest absolute Gasteiger partial charge is 0.480 e. The Morgan fingerprint density at radius 1 is 1.33 bits per heavy atom. The minimum atomic E-state index is -0.907. The molecule has 0 amide bonds. The molecule has 0 rings (SSSR count). The van der Waals surface area contributed by atoms with E-state index in [9.17, 15) is 9.90 Å². The van der Waals surface area contributed by atoms with Crippen LogP contribution in [0.4, 0.5) is 0 Å². The number of aliphatic carboxylic acids is 1. The second-order valence-electron chi connectivity index (χ2n) is 6.36.